The second kappa shape index (κ2) is 9.19. The summed E-state index contributed by atoms with van der Waals surface area (Å²) in [5.41, 5.74) is 2.13. The number of rotatable bonds is 5. The maximum absolute atomic E-state index is 12.7. The third kappa shape index (κ3) is 5.31. The molecule has 0 unspecified atom stereocenters. The number of urea groups is 1. The third-order valence-electron chi connectivity index (χ3n) is 4.78. The molecule has 1 heterocycles. The van der Waals surface area contributed by atoms with E-state index in [9.17, 15) is 9.59 Å². The number of nitrogens with zero attached hydrogens (tertiary/aromatic N) is 2. The fraction of sp³-hybridized carbons (Fsp3) is 0.333. The van der Waals surface area contributed by atoms with Gasteiger partial charge >= 0.3 is 6.03 Å². The van der Waals surface area contributed by atoms with Crippen molar-refractivity contribution in [3.05, 3.63) is 71.8 Å². The first-order valence-corrected chi connectivity index (χ1v) is 9.22. The smallest absolute Gasteiger partial charge is 0.315 e. The number of hydrogen-bond donors (Lipinski definition) is 2. The molecular formula is C21H26N4O2. The SMILES string of the molecule is CN1CCN(C(=O)CNC(=O)NCc2ccccc2)[C@@H](c2ccccc2)C1. The van der Waals surface area contributed by atoms with Gasteiger partial charge in [0.15, 0.2) is 0 Å². The van der Waals surface area contributed by atoms with Crippen LogP contribution in [0.25, 0.3) is 0 Å². The second-order valence-electron chi connectivity index (χ2n) is 6.80. The standard InChI is InChI=1S/C21H26N4O2/c1-24-12-13-25(19(16-24)18-10-6-3-7-11-18)20(26)15-23-21(27)22-14-17-8-4-2-5-9-17/h2-11,19H,12-16H2,1H3,(H2,22,23,27)/t19-/m1/s1. The molecule has 3 rings (SSSR count). The zero-order chi connectivity index (χ0) is 19.1. The van der Waals surface area contributed by atoms with Crippen molar-refractivity contribution < 1.29 is 9.59 Å². The van der Waals surface area contributed by atoms with Crippen LogP contribution in [-0.4, -0.2) is 55.0 Å². The molecule has 0 aromatic heterocycles. The summed E-state index contributed by atoms with van der Waals surface area (Å²) >= 11 is 0. The largest absolute Gasteiger partial charge is 0.334 e. The van der Waals surface area contributed by atoms with Gasteiger partial charge in [-0.15, -0.1) is 0 Å². The van der Waals surface area contributed by atoms with Crippen molar-refractivity contribution in [2.24, 2.45) is 0 Å². The Balaban J connectivity index is 1.53. The highest BCUT2D eigenvalue weighted by Gasteiger charge is 2.30. The summed E-state index contributed by atoms with van der Waals surface area (Å²) in [6.07, 6.45) is 0. The first-order valence-electron chi connectivity index (χ1n) is 9.22. The molecule has 2 N–H and O–H groups in total. The molecule has 0 bridgehead atoms. The van der Waals surface area contributed by atoms with E-state index in [0.717, 1.165) is 24.2 Å². The Morgan fingerprint density at radius 3 is 2.33 bits per heavy atom. The molecule has 27 heavy (non-hydrogen) atoms. The lowest BCUT2D eigenvalue weighted by Crippen LogP contribution is -2.52. The highest BCUT2D eigenvalue weighted by molar-refractivity contribution is 5.84. The van der Waals surface area contributed by atoms with Crippen molar-refractivity contribution in [2.75, 3.05) is 33.2 Å². The van der Waals surface area contributed by atoms with Crippen LogP contribution in [0.4, 0.5) is 4.79 Å². The minimum absolute atomic E-state index is 0.00614. The molecule has 1 saturated heterocycles. The van der Waals surface area contributed by atoms with E-state index in [-0.39, 0.29) is 24.5 Å². The van der Waals surface area contributed by atoms with Crippen molar-refractivity contribution in [1.29, 1.82) is 0 Å². The normalized spacial score (nSPS) is 17.4. The van der Waals surface area contributed by atoms with Crippen LogP contribution in [0.1, 0.15) is 17.2 Å². The number of nitrogens with one attached hydrogen (secondary N) is 2. The van der Waals surface area contributed by atoms with Crippen LogP contribution in [0, 0.1) is 0 Å². The van der Waals surface area contributed by atoms with Gasteiger partial charge in [-0.1, -0.05) is 60.7 Å². The van der Waals surface area contributed by atoms with E-state index in [1.54, 1.807) is 0 Å². The van der Waals surface area contributed by atoms with Crippen LogP contribution in [0.2, 0.25) is 0 Å². The molecule has 0 spiro atoms. The van der Waals surface area contributed by atoms with Crippen molar-refractivity contribution in [1.82, 2.24) is 20.4 Å². The Kier molecular flexibility index (Phi) is 6.44. The average molecular weight is 366 g/mol. The monoisotopic (exact) mass is 366 g/mol. The van der Waals surface area contributed by atoms with Crippen LogP contribution in [-0.2, 0) is 11.3 Å². The molecule has 0 aliphatic carbocycles. The summed E-state index contributed by atoms with van der Waals surface area (Å²) in [6.45, 7) is 2.70. The van der Waals surface area contributed by atoms with Gasteiger partial charge in [-0.25, -0.2) is 4.79 Å². The van der Waals surface area contributed by atoms with Gasteiger partial charge in [-0.3, -0.25) is 4.79 Å². The van der Waals surface area contributed by atoms with Gasteiger partial charge < -0.3 is 20.4 Å². The lowest BCUT2D eigenvalue weighted by molar-refractivity contribution is -0.135. The minimum Gasteiger partial charge on any atom is -0.334 e. The fourth-order valence-corrected chi connectivity index (χ4v) is 3.28. The number of piperazine rings is 1. The lowest BCUT2D eigenvalue weighted by atomic mass is 10.0. The van der Waals surface area contributed by atoms with Crippen molar-refractivity contribution in [3.8, 4) is 0 Å². The van der Waals surface area contributed by atoms with E-state index in [1.165, 1.54) is 0 Å². The van der Waals surface area contributed by atoms with Crippen LogP contribution < -0.4 is 10.6 Å². The van der Waals surface area contributed by atoms with E-state index in [4.69, 9.17) is 0 Å². The lowest BCUT2D eigenvalue weighted by Gasteiger charge is -2.40. The molecular weight excluding hydrogens is 340 g/mol. The molecule has 0 saturated carbocycles. The zero-order valence-corrected chi connectivity index (χ0v) is 15.6. The molecule has 142 valence electrons. The Morgan fingerprint density at radius 2 is 1.63 bits per heavy atom. The molecule has 1 aliphatic heterocycles. The van der Waals surface area contributed by atoms with Gasteiger partial charge in [0, 0.05) is 26.2 Å². The van der Waals surface area contributed by atoms with Crippen LogP contribution >= 0.6 is 0 Å². The highest BCUT2D eigenvalue weighted by atomic mass is 16.2. The molecule has 1 aliphatic rings. The maximum atomic E-state index is 12.7. The van der Waals surface area contributed by atoms with Crippen molar-refractivity contribution >= 4 is 11.9 Å². The van der Waals surface area contributed by atoms with E-state index < -0.39 is 0 Å². The number of carbonyl (C=O) groups is 2. The van der Waals surface area contributed by atoms with Gasteiger partial charge in [-0.2, -0.15) is 0 Å². The van der Waals surface area contributed by atoms with Crippen LogP contribution in [0.3, 0.4) is 0 Å². The first kappa shape index (κ1) is 18.9. The predicted octanol–water partition coefficient (Wildman–Crippen LogP) is 2.00. The number of benzene rings is 2. The minimum atomic E-state index is -0.336. The molecule has 6 heteroatoms. The molecule has 3 amide bonds. The zero-order valence-electron chi connectivity index (χ0n) is 15.6. The Hall–Kier alpha value is -2.86. The Bertz CT molecular complexity index is 751. The summed E-state index contributed by atoms with van der Waals surface area (Å²) in [5.74, 6) is -0.0631. The van der Waals surface area contributed by atoms with E-state index in [2.05, 4.69) is 22.6 Å². The second-order valence-corrected chi connectivity index (χ2v) is 6.80. The summed E-state index contributed by atoms with van der Waals surface area (Å²) in [5, 5.41) is 5.46. The third-order valence-corrected chi connectivity index (χ3v) is 4.78. The maximum Gasteiger partial charge on any atom is 0.315 e. The Labute approximate surface area is 160 Å². The first-order chi connectivity index (χ1) is 13.1. The van der Waals surface area contributed by atoms with Crippen molar-refractivity contribution in [2.45, 2.75) is 12.6 Å². The van der Waals surface area contributed by atoms with Gasteiger partial charge in [0.05, 0.1) is 12.6 Å². The molecule has 0 radical (unpaired) electrons. The van der Waals surface area contributed by atoms with Gasteiger partial charge in [0.2, 0.25) is 5.91 Å². The molecule has 1 atom stereocenters. The van der Waals surface area contributed by atoms with E-state index in [1.807, 2.05) is 65.6 Å². The molecule has 2 aromatic carbocycles. The Morgan fingerprint density at radius 1 is 0.963 bits per heavy atom. The van der Waals surface area contributed by atoms with Crippen LogP contribution in [0.15, 0.2) is 60.7 Å². The summed E-state index contributed by atoms with van der Waals surface area (Å²) in [7, 11) is 2.06. The fourth-order valence-electron chi connectivity index (χ4n) is 3.28. The molecule has 1 fully saturated rings. The quantitative estimate of drug-likeness (QED) is 0.851. The van der Waals surface area contributed by atoms with E-state index >= 15 is 0 Å². The highest BCUT2D eigenvalue weighted by Crippen LogP contribution is 2.24. The molecule has 6 nitrogen and oxygen atoms in total. The van der Waals surface area contributed by atoms with Gasteiger partial charge in [0.25, 0.3) is 0 Å². The topological polar surface area (TPSA) is 64.7 Å². The van der Waals surface area contributed by atoms with E-state index in [0.29, 0.717) is 13.1 Å². The summed E-state index contributed by atoms with van der Waals surface area (Å²) < 4.78 is 0. The van der Waals surface area contributed by atoms with Gasteiger partial charge in [0.1, 0.15) is 0 Å². The number of carbonyl (C=O) groups excluding carboxylic acids is 2. The van der Waals surface area contributed by atoms with Crippen LogP contribution in [0.5, 0.6) is 0 Å². The summed E-state index contributed by atoms with van der Waals surface area (Å²) in [6, 6.07) is 19.4. The number of hydrogen-bond acceptors (Lipinski definition) is 3. The number of likely N-dealkylation sites (N-methyl/N-ethyl adjacent to an activating group) is 1. The van der Waals surface area contributed by atoms with Gasteiger partial charge in [-0.05, 0) is 18.2 Å². The molecule has 2 aromatic rings. The number of amides is 3. The van der Waals surface area contributed by atoms with Crippen molar-refractivity contribution in [3.63, 3.8) is 0 Å². The predicted molar refractivity (Wildman–Crippen MR) is 105 cm³/mol. The summed E-state index contributed by atoms with van der Waals surface area (Å²) in [4.78, 5) is 28.8. The average Bonchev–Trinajstić information content (AvgIpc) is 2.72.